The summed E-state index contributed by atoms with van der Waals surface area (Å²) in [5.41, 5.74) is 0.150. The lowest BCUT2D eigenvalue weighted by Crippen LogP contribution is -2.22. The summed E-state index contributed by atoms with van der Waals surface area (Å²) in [5.74, 6) is -0.565. The lowest BCUT2D eigenvalue weighted by molar-refractivity contribution is 0.595. The molecule has 0 unspecified atom stereocenters. The van der Waals surface area contributed by atoms with Gasteiger partial charge in [-0.05, 0) is 36.4 Å². The van der Waals surface area contributed by atoms with Crippen LogP contribution in [-0.2, 0) is 16.6 Å². The van der Waals surface area contributed by atoms with Crippen molar-refractivity contribution in [3.05, 3.63) is 70.0 Å². The number of fused-ring (bicyclic) bond motifs is 1. The Morgan fingerprint density at radius 3 is 2.68 bits per heavy atom. The number of benzene rings is 2. The third-order valence-corrected chi connectivity index (χ3v) is 4.55. The van der Waals surface area contributed by atoms with Crippen molar-refractivity contribution >= 4 is 20.9 Å². The summed E-state index contributed by atoms with van der Waals surface area (Å²) >= 11 is 0. The average molecular weight is 358 g/mol. The molecule has 0 saturated heterocycles. The zero-order valence-electron chi connectivity index (χ0n) is 12.7. The zero-order valence-corrected chi connectivity index (χ0v) is 13.5. The molecule has 0 aliphatic rings. The second-order valence-electron chi connectivity index (χ2n) is 5.32. The van der Waals surface area contributed by atoms with Gasteiger partial charge in [-0.15, -0.1) is 0 Å². The van der Waals surface area contributed by atoms with E-state index in [1.54, 1.807) is 0 Å². The number of nitriles is 1. The fourth-order valence-electron chi connectivity index (χ4n) is 2.38. The molecule has 2 aromatic carbocycles. The SMILES string of the molecule is N#Cc1ccc(F)c(Cn2cnc3ccc(S(N)(=O)=O)cc3c2=O)c1. The number of hydrogen-bond acceptors (Lipinski definition) is 5. The van der Waals surface area contributed by atoms with E-state index in [-0.39, 0.29) is 28.0 Å². The van der Waals surface area contributed by atoms with Crippen LogP contribution in [-0.4, -0.2) is 18.0 Å². The van der Waals surface area contributed by atoms with Crippen LogP contribution in [0, 0.1) is 17.1 Å². The van der Waals surface area contributed by atoms with Gasteiger partial charge in [-0.3, -0.25) is 9.36 Å². The van der Waals surface area contributed by atoms with Crippen LogP contribution in [0.1, 0.15) is 11.1 Å². The highest BCUT2D eigenvalue weighted by Crippen LogP contribution is 2.15. The highest BCUT2D eigenvalue weighted by Gasteiger charge is 2.13. The van der Waals surface area contributed by atoms with E-state index in [1.165, 1.54) is 30.6 Å². The van der Waals surface area contributed by atoms with Gasteiger partial charge in [0.05, 0.1) is 40.3 Å². The van der Waals surface area contributed by atoms with E-state index in [0.29, 0.717) is 5.52 Å². The van der Waals surface area contributed by atoms with Crippen molar-refractivity contribution in [3.63, 3.8) is 0 Å². The normalized spacial score (nSPS) is 11.4. The molecule has 0 aliphatic carbocycles. The van der Waals surface area contributed by atoms with Gasteiger partial charge in [0.1, 0.15) is 5.82 Å². The van der Waals surface area contributed by atoms with Crippen LogP contribution in [0.3, 0.4) is 0 Å². The Bertz CT molecular complexity index is 1200. The van der Waals surface area contributed by atoms with Crippen molar-refractivity contribution < 1.29 is 12.8 Å². The lowest BCUT2D eigenvalue weighted by atomic mass is 10.1. The highest BCUT2D eigenvalue weighted by atomic mass is 32.2. The van der Waals surface area contributed by atoms with Gasteiger partial charge in [0.15, 0.2) is 0 Å². The van der Waals surface area contributed by atoms with E-state index < -0.39 is 21.4 Å². The smallest absolute Gasteiger partial charge is 0.261 e. The quantitative estimate of drug-likeness (QED) is 0.752. The number of nitrogens with zero attached hydrogens (tertiary/aromatic N) is 3. The molecule has 1 heterocycles. The average Bonchev–Trinajstić information content (AvgIpc) is 2.58. The molecular formula is C16H11FN4O3S. The molecule has 7 nitrogen and oxygen atoms in total. The predicted octanol–water partition coefficient (Wildman–Crippen LogP) is 1.10. The highest BCUT2D eigenvalue weighted by molar-refractivity contribution is 7.89. The van der Waals surface area contributed by atoms with Gasteiger partial charge in [0.25, 0.3) is 5.56 Å². The molecule has 0 atom stereocenters. The van der Waals surface area contributed by atoms with Crippen molar-refractivity contribution in [2.75, 3.05) is 0 Å². The molecule has 0 saturated carbocycles. The standard InChI is InChI=1S/C16H11FN4O3S/c17-14-3-1-10(7-18)5-11(14)8-21-9-20-15-4-2-12(25(19,23)24)6-13(15)16(21)22/h1-6,9H,8H2,(H2,19,23,24). The Morgan fingerprint density at radius 1 is 1.24 bits per heavy atom. The molecule has 126 valence electrons. The molecule has 0 fully saturated rings. The molecule has 2 N–H and O–H groups in total. The minimum absolute atomic E-state index is 0.0471. The molecule has 1 aromatic heterocycles. The van der Waals surface area contributed by atoms with Gasteiger partial charge >= 0.3 is 0 Å². The molecule has 25 heavy (non-hydrogen) atoms. The van der Waals surface area contributed by atoms with E-state index in [2.05, 4.69) is 4.98 Å². The van der Waals surface area contributed by atoms with E-state index in [4.69, 9.17) is 10.4 Å². The monoisotopic (exact) mass is 358 g/mol. The number of nitrogens with two attached hydrogens (primary N) is 1. The van der Waals surface area contributed by atoms with Gasteiger partial charge in [-0.2, -0.15) is 5.26 Å². The Labute approximate surface area is 141 Å². The van der Waals surface area contributed by atoms with Crippen molar-refractivity contribution in [1.29, 1.82) is 5.26 Å². The van der Waals surface area contributed by atoms with Crippen LogP contribution < -0.4 is 10.7 Å². The van der Waals surface area contributed by atoms with Gasteiger partial charge in [0.2, 0.25) is 10.0 Å². The molecule has 9 heteroatoms. The van der Waals surface area contributed by atoms with E-state index in [9.17, 15) is 17.6 Å². The maximum absolute atomic E-state index is 13.9. The first-order chi connectivity index (χ1) is 11.8. The van der Waals surface area contributed by atoms with E-state index >= 15 is 0 Å². The molecule has 0 spiro atoms. The number of primary sulfonamides is 1. The maximum Gasteiger partial charge on any atom is 0.261 e. The Kier molecular flexibility index (Phi) is 4.08. The van der Waals surface area contributed by atoms with Crippen molar-refractivity contribution in [3.8, 4) is 6.07 Å². The summed E-state index contributed by atoms with van der Waals surface area (Å²) in [6.07, 6.45) is 1.24. The first-order valence-corrected chi connectivity index (χ1v) is 8.55. The number of sulfonamides is 1. The number of halogens is 1. The van der Waals surface area contributed by atoms with Crippen LogP contribution in [0.15, 0.2) is 52.4 Å². The molecule has 0 radical (unpaired) electrons. The lowest BCUT2D eigenvalue weighted by Gasteiger charge is -2.08. The maximum atomic E-state index is 13.9. The third-order valence-electron chi connectivity index (χ3n) is 3.64. The van der Waals surface area contributed by atoms with Crippen molar-refractivity contribution in [1.82, 2.24) is 9.55 Å². The van der Waals surface area contributed by atoms with Crippen molar-refractivity contribution in [2.45, 2.75) is 11.4 Å². The van der Waals surface area contributed by atoms with Crippen LogP contribution in [0.4, 0.5) is 4.39 Å². The first kappa shape index (κ1) is 16.8. The van der Waals surface area contributed by atoms with Crippen LogP contribution in [0.25, 0.3) is 10.9 Å². The molecule has 0 amide bonds. The van der Waals surface area contributed by atoms with Crippen LogP contribution in [0.5, 0.6) is 0 Å². The molecule has 0 bridgehead atoms. The third kappa shape index (κ3) is 3.26. The Balaban J connectivity index is 2.14. The molecule has 3 aromatic rings. The Hall–Kier alpha value is -3.09. The minimum atomic E-state index is -3.97. The summed E-state index contributed by atoms with van der Waals surface area (Å²) in [7, 11) is -3.97. The largest absolute Gasteiger partial charge is 0.294 e. The summed E-state index contributed by atoms with van der Waals surface area (Å²) in [6, 6.07) is 9.48. The fraction of sp³-hybridized carbons (Fsp3) is 0.0625. The second-order valence-corrected chi connectivity index (χ2v) is 6.88. The van der Waals surface area contributed by atoms with Crippen molar-refractivity contribution in [2.24, 2.45) is 5.14 Å². The van der Waals surface area contributed by atoms with Crippen LogP contribution >= 0.6 is 0 Å². The summed E-state index contributed by atoms with van der Waals surface area (Å²) < 4.78 is 37.9. The molecule has 0 aliphatic heterocycles. The molecule has 3 rings (SSSR count). The fourth-order valence-corrected chi connectivity index (χ4v) is 2.92. The summed E-state index contributed by atoms with van der Waals surface area (Å²) in [6.45, 7) is -0.150. The summed E-state index contributed by atoms with van der Waals surface area (Å²) in [4.78, 5) is 16.4. The minimum Gasteiger partial charge on any atom is -0.294 e. The van der Waals surface area contributed by atoms with Gasteiger partial charge < -0.3 is 0 Å². The predicted molar refractivity (Wildman–Crippen MR) is 87.6 cm³/mol. The Morgan fingerprint density at radius 2 is 2.00 bits per heavy atom. The van der Waals surface area contributed by atoms with E-state index in [0.717, 1.165) is 16.7 Å². The topological polar surface area (TPSA) is 119 Å². The zero-order chi connectivity index (χ0) is 18.2. The van der Waals surface area contributed by atoms with Gasteiger partial charge in [-0.25, -0.2) is 22.9 Å². The number of hydrogen-bond donors (Lipinski definition) is 1. The van der Waals surface area contributed by atoms with Gasteiger partial charge in [0, 0.05) is 5.56 Å². The van der Waals surface area contributed by atoms with Crippen LogP contribution in [0.2, 0.25) is 0 Å². The van der Waals surface area contributed by atoms with E-state index in [1.807, 2.05) is 6.07 Å². The number of rotatable bonds is 3. The second kappa shape index (κ2) is 6.08. The van der Waals surface area contributed by atoms with Gasteiger partial charge in [-0.1, -0.05) is 0 Å². The first-order valence-electron chi connectivity index (χ1n) is 7.00. The molecular weight excluding hydrogens is 347 g/mol. The summed E-state index contributed by atoms with van der Waals surface area (Å²) in [5, 5.41) is 14.0. The number of aromatic nitrogens is 2.